The van der Waals surface area contributed by atoms with Crippen LogP contribution >= 0.6 is 0 Å². The number of carbonyl (C=O) groups excluding carboxylic acids is 3. The first kappa shape index (κ1) is 27.6. The van der Waals surface area contributed by atoms with Crippen molar-refractivity contribution >= 4 is 27.9 Å². The highest BCUT2D eigenvalue weighted by molar-refractivity contribution is 7.89. The molecular formula is C23H34N2O8S. The summed E-state index contributed by atoms with van der Waals surface area (Å²) in [6.07, 6.45) is 3.82. The van der Waals surface area contributed by atoms with Gasteiger partial charge in [-0.2, -0.15) is 4.31 Å². The molecule has 1 aliphatic rings. The number of esters is 2. The molecule has 1 fully saturated rings. The molecule has 0 aromatic heterocycles. The highest BCUT2D eigenvalue weighted by Crippen LogP contribution is 2.29. The van der Waals surface area contributed by atoms with Crippen LogP contribution in [0.3, 0.4) is 0 Å². The molecule has 0 spiro atoms. The van der Waals surface area contributed by atoms with E-state index >= 15 is 0 Å². The Morgan fingerprint density at radius 2 is 1.71 bits per heavy atom. The normalized spacial score (nSPS) is 15.8. The molecule has 1 amide bonds. The van der Waals surface area contributed by atoms with Gasteiger partial charge in [0.2, 0.25) is 10.0 Å². The van der Waals surface area contributed by atoms with Gasteiger partial charge in [-0.05, 0) is 43.4 Å². The van der Waals surface area contributed by atoms with Gasteiger partial charge in [-0.3, -0.25) is 4.79 Å². The van der Waals surface area contributed by atoms with E-state index in [0.717, 1.165) is 25.7 Å². The summed E-state index contributed by atoms with van der Waals surface area (Å²) in [4.78, 5) is 36.6. The van der Waals surface area contributed by atoms with E-state index in [4.69, 9.17) is 14.2 Å². The molecule has 34 heavy (non-hydrogen) atoms. The predicted octanol–water partition coefficient (Wildman–Crippen LogP) is 2.12. The number of nitrogens with zero attached hydrogens (tertiary/aromatic N) is 1. The maximum absolute atomic E-state index is 13.2. The molecular weight excluding hydrogens is 464 g/mol. The van der Waals surface area contributed by atoms with Gasteiger partial charge in [0, 0.05) is 13.1 Å². The molecule has 1 aliphatic heterocycles. The van der Waals surface area contributed by atoms with Crippen LogP contribution in [0, 0.1) is 5.92 Å². The number of benzene rings is 1. The fourth-order valence-electron chi connectivity index (χ4n) is 3.70. The van der Waals surface area contributed by atoms with Crippen molar-refractivity contribution in [1.82, 2.24) is 9.62 Å². The van der Waals surface area contributed by atoms with Gasteiger partial charge in [0.15, 0.2) is 6.61 Å². The molecule has 2 rings (SSSR count). The number of carbonyl (C=O) groups is 3. The van der Waals surface area contributed by atoms with Crippen molar-refractivity contribution in [2.75, 3.05) is 33.9 Å². The molecule has 0 aliphatic carbocycles. The zero-order chi connectivity index (χ0) is 25.3. The van der Waals surface area contributed by atoms with E-state index in [1.54, 1.807) is 0 Å². The van der Waals surface area contributed by atoms with Crippen molar-refractivity contribution in [2.45, 2.75) is 56.9 Å². The first-order valence-corrected chi connectivity index (χ1v) is 12.8. The molecule has 1 N–H and O–H groups in total. The number of amides is 1. The average molecular weight is 499 g/mol. The highest BCUT2D eigenvalue weighted by atomic mass is 32.2. The third kappa shape index (κ3) is 7.42. The van der Waals surface area contributed by atoms with Gasteiger partial charge in [-0.1, -0.05) is 26.7 Å². The molecule has 0 saturated carbocycles. The first-order valence-electron chi connectivity index (χ1n) is 11.3. The molecule has 11 heteroatoms. The quantitative estimate of drug-likeness (QED) is 0.486. The summed E-state index contributed by atoms with van der Waals surface area (Å²) in [6.45, 7) is 3.95. The number of hydrogen-bond donors (Lipinski definition) is 1. The Morgan fingerprint density at radius 3 is 2.26 bits per heavy atom. The van der Waals surface area contributed by atoms with Gasteiger partial charge < -0.3 is 19.5 Å². The topological polar surface area (TPSA) is 128 Å². The Balaban J connectivity index is 2.13. The van der Waals surface area contributed by atoms with Crippen LogP contribution in [0.15, 0.2) is 23.1 Å². The Bertz CT molecular complexity index is 969. The minimum Gasteiger partial charge on any atom is -0.495 e. The summed E-state index contributed by atoms with van der Waals surface area (Å²) in [6, 6.07) is 3.10. The van der Waals surface area contributed by atoms with Gasteiger partial charge in [0.25, 0.3) is 5.91 Å². The van der Waals surface area contributed by atoms with Gasteiger partial charge in [0.1, 0.15) is 16.7 Å². The van der Waals surface area contributed by atoms with E-state index in [9.17, 15) is 22.8 Å². The van der Waals surface area contributed by atoms with Crippen LogP contribution in [-0.4, -0.2) is 70.5 Å². The SMILES string of the molecule is COC(=O)C(CC(C)C)NC(=O)COC(=O)c1ccc(OC)c(S(=O)(=O)N2CCCCCC2)c1. The van der Waals surface area contributed by atoms with Crippen molar-refractivity contribution in [3.63, 3.8) is 0 Å². The Hall–Kier alpha value is -2.66. The third-order valence-electron chi connectivity index (χ3n) is 5.44. The van der Waals surface area contributed by atoms with E-state index in [-0.39, 0.29) is 22.1 Å². The van der Waals surface area contributed by atoms with Crippen molar-refractivity contribution in [2.24, 2.45) is 5.92 Å². The van der Waals surface area contributed by atoms with E-state index < -0.39 is 40.5 Å². The van der Waals surface area contributed by atoms with E-state index in [1.165, 1.54) is 36.7 Å². The smallest absolute Gasteiger partial charge is 0.338 e. The Kier molecular flexibility index (Phi) is 10.3. The van der Waals surface area contributed by atoms with Gasteiger partial charge in [-0.25, -0.2) is 18.0 Å². The number of nitrogens with one attached hydrogen (secondary N) is 1. The number of rotatable bonds is 10. The standard InChI is InChI=1S/C23H34N2O8S/c1-16(2)13-18(23(28)32-4)24-21(26)15-33-22(27)17-9-10-19(31-3)20(14-17)34(29,30)25-11-7-5-6-8-12-25/h9-10,14,16,18H,5-8,11-13,15H2,1-4H3,(H,24,26). The summed E-state index contributed by atoms with van der Waals surface area (Å²) in [5.41, 5.74) is -0.0336. The zero-order valence-electron chi connectivity index (χ0n) is 20.2. The van der Waals surface area contributed by atoms with Crippen molar-refractivity contribution in [1.29, 1.82) is 0 Å². The summed E-state index contributed by atoms with van der Waals surface area (Å²) < 4.78 is 42.9. The lowest BCUT2D eigenvalue weighted by Gasteiger charge is -2.21. The van der Waals surface area contributed by atoms with Gasteiger partial charge in [-0.15, -0.1) is 0 Å². The largest absolute Gasteiger partial charge is 0.495 e. The summed E-state index contributed by atoms with van der Waals surface area (Å²) in [5, 5.41) is 2.50. The molecule has 1 atom stereocenters. The first-order chi connectivity index (χ1) is 16.1. The second-order valence-corrected chi connectivity index (χ2v) is 10.4. The Labute approximate surface area is 201 Å². The van der Waals surface area contributed by atoms with Crippen LogP contribution in [0.1, 0.15) is 56.3 Å². The molecule has 1 unspecified atom stereocenters. The molecule has 1 aromatic carbocycles. The molecule has 10 nitrogen and oxygen atoms in total. The molecule has 1 saturated heterocycles. The number of sulfonamides is 1. The summed E-state index contributed by atoms with van der Waals surface area (Å²) in [7, 11) is -1.31. The minimum atomic E-state index is -3.89. The van der Waals surface area contributed by atoms with Gasteiger partial charge >= 0.3 is 11.9 Å². The van der Waals surface area contributed by atoms with E-state index in [2.05, 4.69) is 5.32 Å². The fraction of sp³-hybridized carbons (Fsp3) is 0.609. The van der Waals surface area contributed by atoms with Crippen molar-refractivity contribution in [3.05, 3.63) is 23.8 Å². The summed E-state index contributed by atoms with van der Waals surface area (Å²) >= 11 is 0. The fourth-order valence-corrected chi connectivity index (χ4v) is 5.40. The lowest BCUT2D eigenvalue weighted by Crippen LogP contribution is -2.44. The monoisotopic (exact) mass is 498 g/mol. The number of ether oxygens (including phenoxy) is 3. The average Bonchev–Trinajstić information content (AvgIpc) is 3.11. The second-order valence-electron chi connectivity index (χ2n) is 8.53. The van der Waals surface area contributed by atoms with E-state index in [1.807, 2.05) is 13.8 Å². The van der Waals surface area contributed by atoms with Crippen LogP contribution in [0.5, 0.6) is 5.75 Å². The molecule has 1 heterocycles. The van der Waals surface area contributed by atoms with Crippen LogP contribution in [0.25, 0.3) is 0 Å². The highest BCUT2D eigenvalue weighted by Gasteiger charge is 2.30. The van der Waals surface area contributed by atoms with Crippen LogP contribution < -0.4 is 10.1 Å². The maximum Gasteiger partial charge on any atom is 0.338 e. The van der Waals surface area contributed by atoms with Crippen LogP contribution in [0.4, 0.5) is 0 Å². The lowest BCUT2D eigenvalue weighted by molar-refractivity contribution is -0.145. The third-order valence-corrected chi connectivity index (χ3v) is 7.36. The van der Waals surface area contributed by atoms with Gasteiger partial charge in [0.05, 0.1) is 19.8 Å². The Morgan fingerprint density at radius 1 is 1.06 bits per heavy atom. The van der Waals surface area contributed by atoms with E-state index in [0.29, 0.717) is 19.5 Å². The lowest BCUT2D eigenvalue weighted by atomic mass is 10.0. The van der Waals surface area contributed by atoms with Crippen molar-refractivity contribution in [3.8, 4) is 5.75 Å². The second kappa shape index (κ2) is 12.7. The summed E-state index contributed by atoms with van der Waals surface area (Å²) in [5.74, 6) is -1.89. The van der Waals surface area contributed by atoms with Crippen LogP contribution in [-0.2, 0) is 29.1 Å². The zero-order valence-corrected chi connectivity index (χ0v) is 21.0. The predicted molar refractivity (Wildman–Crippen MR) is 124 cm³/mol. The number of methoxy groups -OCH3 is 2. The molecule has 0 radical (unpaired) electrons. The van der Waals surface area contributed by atoms with Crippen molar-refractivity contribution < 1.29 is 37.0 Å². The molecule has 1 aromatic rings. The minimum absolute atomic E-state index is 0.0336. The maximum atomic E-state index is 13.2. The molecule has 0 bridgehead atoms. The molecule has 190 valence electrons. The number of hydrogen-bond acceptors (Lipinski definition) is 8. The van der Waals surface area contributed by atoms with Crippen LogP contribution in [0.2, 0.25) is 0 Å².